The molecule has 0 fully saturated rings. The highest BCUT2D eigenvalue weighted by Crippen LogP contribution is 2.20. The van der Waals surface area contributed by atoms with Gasteiger partial charge in [0.05, 0.1) is 17.4 Å². The van der Waals surface area contributed by atoms with Crippen LogP contribution >= 0.6 is 0 Å². The standard InChI is InChI=1S/C17H20N4O/c1-3-6-16(21-9-4-5-10-21)17(22)19-13-7-8-15-14(11-13)18-12-20(15)2/h4-5,7-12,16H,3,6H2,1-2H3,(H,19,22). The van der Waals surface area contributed by atoms with Gasteiger partial charge in [0, 0.05) is 25.1 Å². The van der Waals surface area contributed by atoms with Crippen LogP contribution in [0, 0.1) is 0 Å². The highest BCUT2D eigenvalue weighted by molar-refractivity contribution is 5.95. The lowest BCUT2D eigenvalue weighted by Gasteiger charge is -2.18. The number of carbonyl (C=O) groups excluding carboxylic acids is 1. The average molecular weight is 296 g/mol. The molecule has 0 radical (unpaired) electrons. The summed E-state index contributed by atoms with van der Waals surface area (Å²) in [5, 5.41) is 3.01. The van der Waals surface area contributed by atoms with E-state index in [-0.39, 0.29) is 11.9 Å². The summed E-state index contributed by atoms with van der Waals surface area (Å²) >= 11 is 0. The Hall–Kier alpha value is -2.56. The molecular weight excluding hydrogens is 276 g/mol. The van der Waals surface area contributed by atoms with E-state index in [1.807, 2.05) is 58.9 Å². The number of amides is 1. The molecule has 0 saturated heterocycles. The monoisotopic (exact) mass is 296 g/mol. The maximum absolute atomic E-state index is 12.6. The number of aromatic nitrogens is 3. The van der Waals surface area contributed by atoms with Crippen LogP contribution in [0.4, 0.5) is 5.69 Å². The van der Waals surface area contributed by atoms with E-state index in [0.29, 0.717) is 0 Å². The fraction of sp³-hybridized carbons (Fsp3) is 0.294. The largest absolute Gasteiger partial charge is 0.342 e. The Labute approximate surface area is 129 Å². The van der Waals surface area contributed by atoms with Gasteiger partial charge in [-0.05, 0) is 36.8 Å². The molecule has 0 saturated carbocycles. The zero-order valence-corrected chi connectivity index (χ0v) is 12.9. The fourth-order valence-electron chi connectivity index (χ4n) is 2.68. The third kappa shape index (κ3) is 2.74. The number of rotatable bonds is 5. The summed E-state index contributed by atoms with van der Waals surface area (Å²) < 4.78 is 3.92. The van der Waals surface area contributed by atoms with Crippen molar-refractivity contribution in [2.75, 3.05) is 5.32 Å². The van der Waals surface area contributed by atoms with Crippen LogP contribution in [0.5, 0.6) is 0 Å². The van der Waals surface area contributed by atoms with Gasteiger partial charge < -0.3 is 14.5 Å². The molecule has 0 aliphatic rings. The predicted octanol–water partition coefficient (Wildman–Crippen LogP) is 3.35. The summed E-state index contributed by atoms with van der Waals surface area (Å²) in [6.07, 6.45) is 7.40. The molecule has 1 amide bonds. The van der Waals surface area contributed by atoms with Gasteiger partial charge >= 0.3 is 0 Å². The quantitative estimate of drug-likeness (QED) is 0.785. The fourth-order valence-corrected chi connectivity index (χ4v) is 2.68. The zero-order chi connectivity index (χ0) is 15.5. The maximum Gasteiger partial charge on any atom is 0.247 e. The Bertz CT molecular complexity index is 773. The lowest BCUT2D eigenvalue weighted by Crippen LogP contribution is -2.25. The van der Waals surface area contributed by atoms with Crippen molar-refractivity contribution >= 4 is 22.6 Å². The Morgan fingerprint density at radius 1 is 1.32 bits per heavy atom. The van der Waals surface area contributed by atoms with Crippen molar-refractivity contribution in [3.63, 3.8) is 0 Å². The Morgan fingerprint density at radius 2 is 2.09 bits per heavy atom. The van der Waals surface area contributed by atoms with Gasteiger partial charge in [-0.2, -0.15) is 0 Å². The second kappa shape index (κ2) is 6.05. The number of nitrogens with zero attached hydrogens (tertiary/aromatic N) is 3. The van der Waals surface area contributed by atoms with Crippen LogP contribution in [0.25, 0.3) is 11.0 Å². The van der Waals surface area contributed by atoms with Crippen molar-refractivity contribution in [2.24, 2.45) is 7.05 Å². The van der Waals surface area contributed by atoms with Crippen molar-refractivity contribution in [2.45, 2.75) is 25.8 Å². The van der Waals surface area contributed by atoms with Crippen molar-refractivity contribution in [3.05, 3.63) is 49.1 Å². The van der Waals surface area contributed by atoms with Crippen LogP contribution in [0.3, 0.4) is 0 Å². The number of hydrogen-bond donors (Lipinski definition) is 1. The van der Waals surface area contributed by atoms with Gasteiger partial charge in [0.15, 0.2) is 0 Å². The van der Waals surface area contributed by atoms with Crippen molar-refractivity contribution in [3.8, 4) is 0 Å². The minimum absolute atomic E-state index is 0.00771. The third-order valence-electron chi connectivity index (χ3n) is 3.85. The van der Waals surface area contributed by atoms with E-state index in [4.69, 9.17) is 0 Å². The first-order valence-corrected chi connectivity index (χ1v) is 7.53. The molecule has 0 aliphatic heterocycles. The van der Waals surface area contributed by atoms with Gasteiger partial charge in [0.1, 0.15) is 6.04 Å². The van der Waals surface area contributed by atoms with E-state index < -0.39 is 0 Å². The number of fused-ring (bicyclic) bond motifs is 1. The first-order chi connectivity index (χ1) is 10.7. The van der Waals surface area contributed by atoms with Crippen molar-refractivity contribution in [1.82, 2.24) is 14.1 Å². The molecule has 5 heteroatoms. The lowest BCUT2D eigenvalue weighted by atomic mass is 10.1. The van der Waals surface area contributed by atoms with Crippen LogP contribution in [0.2, 0.25) is 0 Å². The molecule has 0 aliphatic carbocycles. The predicted molar refractivity (Wildman–Crippen MR) is 87.7 cm³/mol. The molecule has 2 heterocycles. The number of carbonyl (C=O) groups is 1. The molecule has 0 bridgehead atoms. The number of imidazole rings is 1. The van der Waals surface area contributed by atoms with Crippen LogP contribution < -0.4 is 5.32 Å². The molecule has 2 aromatic heterocycles. The molecule has 1 N–H and O–H groups in total. The Morgan fingerprint density at radius 3 is 2.82 bits per heavy atom. The van der Waals surface area contributed by atoms with E-state index in [1.165, 1.54) is 0 Å². The second-order valence-corrected chi connectivity index (χ2v) is 5.48. The van der Waals surface area contributed by atoms with Gasteiger partial charge in [0.25, 0.3) is 0 Å². The highest BCUT2D eigenvalue weighted by Gasteiger charge is 2.18. The van der Waals surface area contributed by atoms with E-state index >= 15 is 0 Å². The SMILES string of the molecule is CCCC(C(=O)Nc1ccc2c(c1)ncn2C)n1cccc1. The summed E-state index contributed by atoms with van der Waals surface area (Å²) in [7, 11) is 1.96. The minimum Gasteiger partial charge on any atom is -0.342 e. The average Bonchev–Trinajstić information content (AvgIpc) is 3.15. The topological polar surface area (TPSA) is 51.9 Å². The van der Waals surface area contributed by atoms with Crippen molar-refractivity contribution in [1.29, 1.82) is 0 Å². The molecule has 1 unspecified atom stereocenters. The van der Waals surface area contributed by atoms with E-state index in [2.05, 4.69) is 17.2 Å². The van der Waals surface area contributed by atoms with Gasteiger partial charge in [-0.15, -0.1) is 0 Å². The number of nitrogens with one attached hydrogen (secondary N) is 1. The van der Waals surface area contributed by atoms with Gasteiger partial charge in [-0.3, -0.25) is 4.79 Å². The highest BCUT2D eigenvalue weighted by atomic mass is 16.2. The summed E-state index contributed by atoms with van der Waals surface area (Å²) in [5.74, 6) is 0.00771. The molecule has 3 rings (SSSR count). The summed E-state index contributed by atoms with van der Waals surface area (Å²) in [5.41, 5.74) is 2.71. The molecule has 1 aromatic carbocycles. The van der Waals surface area contributed by atoms with Gasteiger partial charge in [-0.1, -0.05) is 13.3 Å². The molecule has 3 aromatic rings. The summed E-state index contributed by atoms with van der Waals surface area (Å²) in [6, 6.07) is 9.50. The molecule has 1 atom stereocenters. The molecule has 22 heavy (non-hydrogen) atoms. The van der Waals surface area contributed by atoms with Gasteiger partial charge in [-0.25, -0.2) is 4.98 Å². The second-order valence-electron chi connectivity index (χ2n) is 5.48. The number of anilines is 1. The molecular formula is C17H20N4O. The number of benzene rings is 1. The zero-order valence-electron chi connectivity index (χ0n) is 12.9. The van der Waals surface area contributed by atoms with E-state index in [9.17, 15) is 4.79 Å². The first kappa shape index (κ1) is 14.4. The van der Waals surface area contributed by atoms with Crippen LogP contribution in [-0.2, 0) is 11.8 Å². The first-order valence-electron chi connectivity index (χ1n) is 7.53. The molecule has 114 valence electrons. The lowest BCUT2D eigenvalue weighted by molar-refractivity contribution is -0.119. The van der Waals surface area contributed by atoms with E-state index in [0.717, 1.165) is 29.6 Å². The van der Waals surface area contributed by atoms with Crippen molar-refractivity contribution < 1.29 is 4.79 Å². The maximum atomic E-state index is 12.6. The van der Waals surface area contributed by atoms with Gasteiger partial charge in [0.2, 0.25) is 5.91 Å². The van der Waals surface area contributed by atoms with E-state index in [1.54, 1.807) is 6.33 Å². The Balaban J connectivity index is 1.81. The van der Waals surface area contributed by atoms with Crippen LogP contribution in [0.15, 0.2) is 49.1 Å². The normalized spacial score (nSPS) is 12.5. The summed E-state index contributed by atoms with van der Waals surface area (Å²) in [6.45, 7) is 2.09. The molecule has 5 nitrogen and oxygen atoms in total. The third-order valence-corrected chi connectivity index (χ3v) is 3.85. The molecule has 0 spiro atoms. The minimum atomic E-state index is -0.181. The van der Waals surface area contributed by atoms with Crippen LogP contribution in [-0.4, -0.2) is 20.0 Å². The Kier molecular flexibility index (Phi) is 3.96. The summed E-state index contributed by atoms with van der Waals surface area (Å²) in [4.78, 5) is 16.9. The van der Waals surface area contributed by atoms with Crippen LogP contribution in [0.1, 0.15) is 25.8 Å². The number of hydrogen-bond acceptors (Lipinski definition) is 2. The number of aryl methyl sites for hydroxylation is 1. The smallest absolute Gasteiger partial charge is 0.247 e.